The molecule has 0 saturated heterocycles. The molecule has 1 nitrogen and oxygen atoms in total. The van der Waals surface area contributed by atoms with Crippen molar-refractivity contribution in [3.05, 3.63) is 40.4 Å². The summed E-state index contributed by atoms with van der Waals surface area (Å²) in [5, 5.41) is 1.42. The van der Waals surface area contributed by atoms with Gasteiger partial charge >= 0.3 is 0 Å². The number of hydrogen-bond acceptors (Lipinski definition) is 1. The van der Waals surface area contributed by atoms with Gasteiger partial charge in [-0.3, -0.25) is 4.98 Å². The Morgan fingerprint density at radius 2 is 1.92 bits per heavy atom. The Hall–Kier alpha value is -0.860. The molecule has 0 saturated carbocycles. The minimum absolute atomic E-state index is 0.0190. The Bertz CT molecular complexity index is 470. The summed E-state index contributed by atoms with van der Waals surface area (Å²) in [6.07, 6.45) is 2.96. The van der Waals surface area contributed by atoms with Crippen LogP contribution in [0.3, 0.4) is 0 Å². The van der Waals surface area contributed by atoms with Crippen LogP contribution in [-0.4, -0.2) is 4.98 Å². The molecule has 4 heteroatoms. The molecule has 0 aliphatic carbocycles. The van der Waals surface area contributed by atoms with Crippen LogP contribution in [0.4, 0.5) is 4.39 Å². The minimum Gasteiger partial charge on any atom is -0.264 e. The van der Waals surface area contributed by atoms with Crippen LogP contribution in [-0.2, 0) is 0 Å². The maximum Gasteiger partial charge on any atom is 0.151 e. The molecule has 0 bridgehead atoms. The lowest BCUT2D eigenvalue weighted by Gasteiger charge is -2.02. The SMILES string of the molecule is Fc1c(Cl)cc(Cl)c2ccncc12. The normalized spacial score (nSPS) is 10.7. The molecule has 0 amide bonds. The van der Waals surface area contributed by atoms with Crippen molar-refractivity contribution in [3.8, 4) is 0 Å². The molecule has 2 aromatic rings. The van der Waals surface area contributed by atoms with Crippen molar-refractivity contribution in [2.24, 2.45) is 0 Å². The summed E-state index contributed by atoms with van der Waals surface area (Å²) in [6, 6.07) is 3.04. The second-order valence-electron chi connectivity index (χ2n) is 2.58. The van der Waals surface area contributed by atoms with E-state index in [1.165, 1.54) is 12.3 Å². The van der Waals surface area contributed by atoms with Gasteiger partial charge in [-0.1, -0.05) is 23.2 Å². The first kappa shape index (κ1) is 8.73. The largest absolute Gasteiger partial charge is 0.264 e. The van der Waals surface area contributed by atoms with Gasteiger partial charge in [0.1, 0.15) is 0 Å². The Labute approximate surface area is 84.1 Å². The summed E-state index contributed by atoms with van der Waals surface area (Å²) in [5.74, 6) is -0.478. The fourth-order valence-corrected chi connectivity index (χ4v) is 1.70. The highest BCUT2D eigenvalue weighted by Gasteiger charge is 2.08. The maximum atomic E-state index is 13.3. The van der Waals surface area contributed by atoms with Crippen molar-refractivity contribution in [1.82, 2.24) is 4.98 Å². The van der Waals surface area contributed by atoms with E-state index in [0.29, 0.717) is 15.8 Å². The van der Waals surface area contributed by atoms with Gasteiger partial charge in [0.05, 0.1) is 10.0 Å². The summed E-state index contributed by atoms with van der Waals surface area (Å²) in [4.78, 5) is 3.80. The van der Waals surface area contributed by atoms with Gasteiger partial charge in [-0.15, -0.1) is 0 Å². The molecule has 0 spiro atoms. The van der Waals surface area contributed by atoms with Crippen LogP contribution in [0.2, 0.25) is 10.0 Å². The molecule has 0 atom stereocenters. The van der Waals surface area contributed by atoms with E-state index in [9.17, 15) is 4.39 Å². The molecule has 0 fully saturated rings. The van der Waals surface area contributed by atoms with E-state index in [-0.39, 0.29) is 5.02 Å². The number of halogens is 3. The molecule has 1 aromatic carbocycles. The molecule has 0 aliphatic heterocycles. The van der Waals surface area contributed by atoms with Gasteiger partial charge in [-0.2, -0.15) is 0 Å². The number of aromatic nitrogens is 1. The molecule has 66 valence electrons. The van der Waals surface area contributed by atoms with E-state index in [1.54, 1.807) is 12.3 Å². The summed E-state index contributed by atoms with van der Waals surface area (Å²) in [5.41, 5.74) is 0. The molecule has 0 radical (unpaired) electrons. The van der Waals surface area contributed by atoms with Crippen LogP contribution in [0, 0.1) is 5.82 Å². The Morgan fingerprint density at radius 1 is 1.15 bits per heavy atom. The molecular formula is C9H4Cl2FN. The molecule has 1 heterocycles. The summed E-state index contributed by atoms with van der Waals surface area (Å²) >= 11 is 11.5. The molecule has 0 aliphatic rings. The molecule has 0 unspecified atom stereocenters. The second kappa shape index (κ2) is 3.13. The minimum atomic E-state index is -0.478. The number of pyridine rings is 1. The van der Waals surface area contributed by atoms with Crippen molar-refractivity contribution in [2.75, 3.05) is 0 Å². The lowest BCUT2D eigenvalue weighted by Crippen LogP contribution is -1.84. The summed E-state index contributed by atoms with van der Waals surface area (Å²) < 4.78 is 13.3. The van der Waals surface area contributed by atoms with Gasteiger partial charge in [0.2, 0.25) is 0 Å². The van der Waals surface area contributed by atoms with E-state index in [4.69, 9.17) is 23.2 Å². The van der Waals surface area contributed by atoms with E-state index in [1.807, 2.05) is 0 Å². The fraction of sp³-hybridized carbons (Fsp3) is 0. The predicted molar refractivity (Wildman–Crippen MR) is 51.7 cm³/mol. The highest BCUT2D eigenvalue weighted by Crippen LogP contribution is 2.30. The van der Waals surface area contributed by atoms with Gasteiger partial charge in [-0.25, -0.2) is 4.39 Å². The lowest BCUT2D eigenvalue weighted by molar-refractivity contribution is 0.640. The van der Waals surface area contributed by atoms with Crippen LogP contribution >= 0.6 is 23.2 Å². The molecule has 2 rings (SSSR count). The first-order chi connectivity index (χ1) is 6.20. The van der Waals surface area contributed by atoms with Crippen molar-refractivity contribution < 1.29 is 4.39 Å². The van der Waals surface area contributed by atoms with Crippen molar-refractivity contribution in [3.63, 3.8) is 0 Å². The topological polar surface area (TPSA) is 12.9 Å². The third-order valence-electron chi connectivity index (χ3n) is 1.78. The summed E-state index contributed by atoms with van der Waals surface area (Å²) in [6.45, 7) is 0. The van der Waals surface area contributed by atoms with Crippen LogP contribution in [0.5, 0.6) is 0 Å². The number of benzene rings is 1. The zero-order valence-electron chi connectivity index (χ0n) is 6.39. The van der Waals surface area contributed by atoms with Gasteiger partial charge in [-0.05, 0) is 12.1 Å². The van der Waals surface area contributed by atoms with E-state index >= 15 is 0 Å². The number of nitrogens with zero attached hydrogens (tertiary/aromatic N) is 1. The average Bonchev–Trinajstić information content (AvgIpc) is 2.15. The van der Waals surface area contributed by atoms with Crippen LogP contribution in [0.25, 0.3) is 10.8 Å². The van der Waals surface area contributed by atoms with Crippen LogP contribution in [0.15, 0.2) is 24.5 Å². The molecule has 0 N–H and O–H groups in total. The van der Waals surface area contributed by atoms with Gasteiger partial charge < -0.3 is 0 Å². The quantitative estimate of drug-likeness (QED) is 0.612. The number of hydrogen-bond donors (Lipinski definition) is 0. The lowest BCUT2D eigenvalue weighted by atomic mass is 10.2. The Morgan fingerprint density at radius 3 is 2.69 bits per heavy atom. The number of fused-ring (bicyclic) bond motifs is 1. The van der Waals surface area contributed by atoms with Crippen molar-refractivity contribution in [1.29, 1.82) is 0 Å². The molecule has 1 aromatic heterocycles. The average molecular weight is 216 g/mol. The molecule has 13 heavy (non-hydrogen) atoms. The Kier molecular flexibility index (Phi) is 2.10. The fourth-order valence-electron chi connectivity index (χ4n) is 1.16. The van der Waals surface area contributed by atoms with Gasteiger partial charge in [0, 0.05) is 23.2 Å². The smallest absolute Gasteiger partial charge is 0.151 e. The zero-order valence-corrected chi connectivity index (χ0v) is 7.90. The predicted octanol–water partition coefficient (Wildman–Crippen LogP) is 3.68. The first-order valence-corrected chi connectivity index (χ1v) is 4.33. The van der Waals surface area contributed by atoms with Gasteiger partial charge in [0.25, 0.3) is 0 Å². The van der Waals surface area contributed by atoms with Crippen molar-refractivity contribution >= 4 is 34.0 Å². The highest BCUT2D eigenvalue weighted by atomic mass is 35.5. The third-order valence-corrected chi connectivity index (χ3v) is 2.37. The van der Waals surface area contributed by atoms with E-state index in [0.717, 1.165) is 0 Å². The van der Waals surface area contributed by atoms with Crippen molar-refractivity contribution in [2.45, 2.75) is 0 Å². The second-order valence-corrected chi connectivity index (χ2v) is 3.39. The summed E-state index contributed by atoms with van der Waals surface area (Å²) in [7, 11) is 0. The van der Waals surface area contributed by atoms with E-state index < -0.39 is 5.82 Å². The van der Waals surface area contributed by atoms with Crippen LogP contribution < -0.4 is 0 Å². The zero-order chi connectivity index (χ0) is 9.42. The maximum absolute atomic E-state index is 13.3. The third kappa shape index (κ3) is 1.36. The van der Waals surface area contributed by atoms with E-state index in [2.05, 4.69) is 4.98 Å². The van der Waals surface area contributed by atoms with Crippen LogP contribution in [0.1, 0.15) is 0 Å². The standard InChI is InChI=1S/C9H4Cl2FN/c10-7-3-8(11)9(12)6-4-13-2-1-5(6)7/h1-4H. The highest BCUT2D eigenvalue weighted by molar-refractivity contribution is 6.38. The Balaban J connectivity index is 2.97. The molecular weight excluding hydrogens is 212 g/mol. The number of rotatable bonds is 0. The monoisotopic (exact) mass is 215 g/mol. The first-order valence-electron chi connectivity index (χ1n) is 3.57. The van der Waals surface area contributed by atoms with Gasteiger partial charge in [0.15, 0.2) is 5.82 Å².